The molecule has 6 heteroatoms. The van der Waals surface area contributed by atoms with Crippen LogP contribution in [0.1, 0.15) is 0 Å². The number of ether oxygens (including phenoxy) is 1. The fourth-order valence-corrected chi connectivity index (χ4v) is 0.684. The van der Waals surface area contributed by atoms with Crippen LogP contribution in [0.15, 0.2) is 0 Å². The maximum atomic E-state index is 8.34. The van der Waals surface area contributed by atoms with Crippen LogP contribution in [0.3, 0.4) is 0 Å². The fraction of sp³-hybridized carbons (Fsp3) is 1.00. The summed E-state index contributed by atoms with van der Waals surface area (Å²) < 4.78 is 4.63. The lowest BCUT2D eigenvalue weighted by molar-refractivity contribution is 0.0650. The van der Waals surface area contributed by atoms with Crippen molar-refractivity contribution < 1.29 is 25.2 Å². The van der Waals surface area contributed by atoms with E-state index < -0.39 is 0 Å². The van der Waals surface area contributed by atoms with Gasteiger partial charge in [-0.15, -0.1) is 0 Å². The van der Waals surface area contributed by atoms with Crippen molar-refractivity contribution in [1.29, 1.82) is 0 Å². The third-order valence-electron chi connectivity index (χ3n) is 1.43. The Morgan fingerprint density at radius 3 is 1.47 bits per heavy atom. The first kappa shape index (κ1) is 17.2. The van der Waals surface area contributed by atoms with Gasteiger partial charge in [0.15, 0.2) is 0 Å². The lowest BCUT2D eigenvalue weighted by Gasteiger charge is -2.11. The number of hydrogen-bond donors (Lipinski definition) is 4. The van der Waals surface area contributed by atoms with Gasteiger partial charge in [-0.2, -0.15) is 0 Å². The van der Waals surface area contributed by atoms with Crippen LogP contribution < -0.4 is 0 Å². The fourth-order valence-electron chi connectivity index (χ4n) is 0.684. The highest BCUT2D eigenvalue weighted by Crippen LogP contribution is 1.76. The molecule has 0 rings (SSSR count). The summed E-state index contributed by atoms with van der Waals surface area (Å²) in [6.07, 6.45) is 0. The van der Waals surface area contributed by atoms with E-state index in [1.165, 1.54) is 0 Å². The number of aliphatic hydroxyl groups excluding tert-OH is 4. The maximum absolute atomic E-state index is 8.34. The molecule has 0 aromatic carbocycles. The maximum Gasteiger partial charge on any atom is 0.0698 e. The van der Waals surface area contributed by atoms with Crippen molar-refractivity contribution in [2.24, 2.45) is 0 Å². The van der Waals surface area contributed by atoms with Crippen LogP contribution >= 0.6 is 0 Å². The lowest BCUT2D eigenvalue weighted by Crippen LogP contribution is -2.25. The van der Waals surface area contributed by atoms with Gasteiger partial charge in [-0.1, -0.05) is 0 Å². The van der Waals surface area contributed by atoms with E-state index in [-0.39, 0.29) is 26.4 Å². The van der Waals surface area contributed by atoms with Crippen LogP contribution in [0, 0.1) is 0 Å². The molecule has 0 fully saturated rings. The van der Waals surface area contributed by atoms with E-state index in [1.807, 2.05) is 11.9 Å². The zero-order chi connectivity index (χ0) is 11.9. The average molecular weight is 225 g/mol. The van der Waals surface area contributed by atoms with Crippen LogP contribution in [0.25, 0.3) is 0 Å². The molecule has 0 radical (unpaired) electrons. The minimum Gasteiger partial charge on any atom is -0.395 e. The first-order chi connectivity index (χ1) is 7.22. The number of nitrogens with zero attached hydrogens (tertiary/aromatic N) is 1. The van der Waals surface area contributed by atoms with Gasteiger partial charge in [0.1, 0.15) is 0 Å². The topological polar surface area (TPSA) is 93.4 Å². The minimum absolute atomic E-state index is 0.0278. The molecule has 94 valence electrons. The smallest absolute Gasteiger partial charge is 0.0698 e. The van der Waals surface area contributed by atoms with Crippen LogP contribution in [0.4, 0.5) is 0 Å². The Hall–Kier alpha value is -0.240. The zero-order valence-electron chi connectivity index (χ0n) is 9.30. The number of likely N-dealkylation sites (N-methyl/N-ethyl adjacent to an activating group) is 1. The quantitative estimate of drug-likeness (QED) is 0.353. The second kappa shape index (κ2) is 16.2. The first-order valence-corrected chi connectivity index (χ1v) is 4.92. The summed E-state index contributed by atoms with van der Waals surface area (Å²) >= 11 is 0. The van der Waals surface area contributed by atoms with E-state index >= 15 is 0 Å². The highest BCUT2D eigenvalue weighted by molar-refractivity contribution is 4.45. The standard InChI is InChI=1S/C5H13NO2.C4H10O3/c1-6(2-4-7)3-5-8;5-1-3-7-4-2-6/h7-8H,2-5H2,1H3;5-6H,1-4H2. The Balaban J connectivity index is 0. The molecule has 0 aliphatic rings. The Morgan fingerprint density at radius 2 is 1.20 bits per heavy atom. The molecular formula is C9H23NO5. The van der Waals surface area contributed by atoms with Crippen molar-refractivity contribution in [3.05, 3.63) is 0 Å². The summed E-state index contributed by atoms with van der Waals surface area (Å²) in [4.78, 5) is 1.86. The molecule has 0 aliphatic carbocycles. The molecular weight excluding hydrogens is 202 g/mol. The zero-order valence-corrected chi connectivity index (χ0v) is 9.30. The SMILES string of the molecule is CN(CCO)CCO.OCCOCCO. The monoisotopic (exact) mass is 225 g/mol. The summed E-state index contributed by atoms with van der Waals surface area (Å²) in [7, 11) is 1.85. The summed E-state index contributed by atoms with van der Waals surface area (Å²) in [6, 6.07) is 0. The molecule has 0 saturated heterocycles. The van der Waals surface area contributed by atoms with Gasteiger partial charge in [-0.05, 0) is 7.05 Å². The number of hydrogen-bond acceptors (Lipinski definition) is 6. The predicted molar refractivity (Wildman–Crippen MR) is 56.7 cm³/mol. The van der Waals surface area contributed by atoms with Crippen molar-refractivity contribution in [1.82, 2.24) is 4.90 Å². The van der Waals surface area contributed by atoms with Gasteiger partial charge in [0, 0.05) is 13.1 Å². The second-order valence-corrected chi connectivity index (χ2v) is 2.81. The van der Waals surface area contributed by atoms with Gasteiger partial charge in [-0.3, -0.25) is 0 Å². The Bertz CT molecular complexity index is 94.5. The van der Waals surface area contributed by atoms with E-state index in [4.69, 9.17) is 20.4 Å². The highest BCUT2D eigenvalue weighted by atomic mass is 16.5. The van der Waals surface area contributed by atoms with E-state index in [0.29, 0.717) is 26.3 Å². The normalized spacial score (nSPS) is 10.0. The van der Waals surface area contributed by atoms with Gasteiger partial charge in [-0.25, -0.2) is 0 Å². The second-order valence-electron chi connectivity index (χ2n) is 2.81. The van der Waals surface area contributed by atoms with Crippen LogP contribution in [0.5, 0.6) is 0 Å². The Morgan fingerprint density at radius 1 is 0.800 bits per heavy atom. The first-order valence-electron chi connectivity index (χ1n) is 4.92. The third kappa shape index (κ3) is 20.0. The van der Waals surface area contributed by atoms with E-state index in [1.54, 1.807) is 0 Å². The molecule has 0 unspecified atom stereocenters. The average Bonchev–Trinajstić information content (AvgIpc) is 2.20. The summed E-state index contributed by atoms with van der Waals surface area (Å²) in [5, 5.41) is 32.9. The van der Waals surface area contributed by atoms with Gasteiger partial charge in [0.25, 0.3) is 0 Å². The number of aliphatic hydroxyl groups is 4. The van der Waals surface area contributed by atoms with Crippen LogP contribution in [-0.4, -0.2) is 85.1 Å². The van der Waals surface area contributed by atoms with Gasteiger partial charge < -0.3 is 30.1 Å². The molecule has 0 atom stereocenters. The molecule has 0 aliphatic heterocycles. The molecule has 0 bridgehead atoms. The van der Waals surface area contributed by atoms with Crippen molar-refractivity contribution in [2.75, 3.05) is 59.8 Å². The van der Waals surface area contributed by atoms with Crippen molar-refractivity contribution in [3.8, 4) is 0 Å². The van der Waals surface area contributed by atoms with Crippen molar-refractivity contribution in [2.45, 2.75) is 0 Å². The van der Waals surface area contributed by atoms with E-state index in [9.17, 15) is 0 Å². The molecule has 0 amide bonds. The molecule has 15 heavy (non-hydrogen) atoms. The van der Waals surface area contributed by atoms with Gasteiger partial charge in [0.05, 0.1) is 39.6 Å². The predicted octanol–water partition coefficient (Wildman–Crippen LogP) is -2.11. The summed E-state index contributed by atoms with van der Waals surface area (Å²) in [5.74, 6) is 0. The van der Waals surface area contributed by atoms with Crippen LogP contribution in [0.2, 0.25) is 0 Å². The van der Waals surface area contributed by atoms with Crippen molar-refractivity contribution >= 4 is 0 Å². The van der Waals surface area contributed by atoms with Crippen LogP contribution in [-0.2, 0) is 4.74 Å². The largest absolute Gasteiger partial charge is 0.395 e. The Kier molecular flexibility index (Phi) is 18.5. The summed E-state index contributed by atoms with van der Waals surface area (Å²) in [5.41, 5.74) is 0. The van der Waals surface area contributed by atoms with Crippen molar-refractivity contribution in [3.63, 3.8) is 0 Å². The Labute approximate surface area is 90.7 Å². The third-order valence-corrected chi connectivity index (χ3v) is 1.43. The minimum atomic E-state index is 0.0278. The molecule has 0 saturated carbocycles. The van der Waals surface area contributed by atoms with E-state index in [2.05, 4.69) is 4.74 Å². The van der Waals surface area contributed by atoms with E-state index in [0.717, 1.165) is 0 Å². The summed E-state index contributed by atoms with van der Waals surface area (Å²) in [6.45, 7) is 2.30. The number of rotatable bonds is 8. The van der Waals surface area contributed by atoms with Gasteiger partial charge >= 0.3 is 0 Å². The molecule has 0 aromatic rings. The molecule has 0 aromatic heterocycles. The lowest BCUT2D eigenvalue weighted by atomic mass is 10.5. The molecule has 0 spiro atoms. The van der Waals surface area contributed by atoms with Gasteiger partial charge in [0.2, 0.25) is 0 Å². The highest BCUT2D eigenvalue weighted by Gasteiger charge is 1.91. The molecule has 0 heterocycles. The molecule has 4 N–H and O–H groups in total. The molecule has 6 nitrogen and oxygen atoms in total.